The molecule has 0 spiro atoms. The van der Waals surface area contributed by atoms with E-state index in [-0.39, 0.29) is 5.56 Å². The summed E-state index contributed by atoms with van der Waals surface area (Å²) in [5.74, 6) is 1.50. The third-order valence-electron chi connectivity index (χ3n) is 6.71. The minimum Gasteiger partial charge on any atom is -0.497 e. The van der Waals surface area contributed by atoms with E-state index < -0.39 is 0 Å². The van der Waals surface area contributed by atoms with Gasteiger partial charge in [0.05, 0.1) is 18.2 Å². The second kappa shape index (κ2) is 10.5. The number of thiophene rings is 1. The summed E-state index contributed by atoms with van der Waals surface area (Å²) in [7, 11) is 1.65. The zero-order valence-corrected chi connectivity index (χ0v) is 22.2. The van der Waals surface area contributed by atoms with E-state index >= 15 is 0 Å². The molecule has 3 aromatic carbocycles. The molecule has 0 unspecified atom stereocenters. The fourth-order valence-corrected chi connectivity index (χ4v) is 7.10. The van der Waals surface area contributed by atoms with Gasteiger partial charge in [0.25, 0.3) is 5.56 Å². The van der Waals surface area contributed by atoms with Crippen LogP contribution < -0.4 is 10.3 Å². The van der Waals surface area contributed by atoms with Gasteiger partial charge in [0, 0.05) is 30.3 Å². The molecule has 3 heterocycles. The highest BCUT2D eigenvalue weighted by Gasteiger charge is 2.26. The highest BCUT2D eigenvalue weighted by Crippen LogP contribution is 2.35. The van der Waals surface area contributed by atoms with E-state index in [0.29, 0.717) is 5.16 Å². The highest BCUT2D eigenvalue weighted by atomic mass is 32.2. The molecule has 0 bridgehead atoms. The first kappa shape index (κ1) is 24.0. The summed E-state index contributed by atoms with van der Waals surface area (Å²) in [6.07, 6.45) is 0.859. The van der Waals surface area contributed by atoms with Gasteiger partial charge in [0.15, 0.2) is 5.16 Å². The van der Waals surface area contributed by atoms with E-state index in [1.54, 1.807) is 34.8 Å². The Kier molecular flexibility index (Phi) is 6.83. The van der Waals surface area contributed by atoms with Crippen molar-refractivity contribution in [1.82, 2.24) is 14.5 Å². The number of hydrogen-bond acceptors (Lipinski definition) is 6. The summed E-state index contributed by atoms with van der Waals surface area (Å²) in [6.45, 7) is 2.69. The van der Waals surface area contributed by atoms with E-state index in [1.807, 2.05) is 42.5 Å². The standard InChI is InChI=1S/C30H27N3O2S2/c1-35-24-14-12-23(13-15-24)33-29(34)27-25-16-17-32(18-21-8-4-2-5-9-21)19-26(25)37-28(27)31-30(33)36-20-22-10-6-3-7-11-22/h2-15H,16-20H2,1H3. The molecule has 0 amide bonds. The molecule has 0 N–H and O–H groups in total. The van der Waals surface area contributed by atoms with Crippen molar-refractivity contribution in [3.05, 3.63) is 117 Å². The number of rotatable bonds is 7. The van der Waals surface area contributed by atoms with E-state index in [4.69, 9.17) is 9.72 Å². The van der Waals surface area contributed by atoms with Crippen molar-refractivity contribution in [1.29, 1.82) is 0 Å². The maximum atomic E-state index is 14.1. The second-order valence-electron chi connectivity index (χ2n) is 9.14. The molecule has 7 heteroatoms. The van der Waals surface area contributed by atoms with Gasteiger partial charge in [-0.3, -0.25) is 14.3 Å². The molecule has 37 heavy (non-hydrogen) atoms. The smallest absolute Gasteiger partial charge is 0.267 e. The maximum absolute atomic E-state index is 14.1. The number of fused-ring (bicyclic) bond motifs is 3. The van der Waals surface area contributed by atoms with Gasteiger partial charge in [-0.2, -0.15) is 0 Å². The number of thioether (sulfide) groups is 1. The molecule has 186 valence electrons. The van der Waals surface area contributed by atoms with Crippen LogP contribution in [0.4, 0.5) is 0 Å². The van der Waals surface area contributed by atoms with Crippen LogP contribution in [0.15, 0.2) is 94.9 Å². The van der Waals surface area contributed by atoms with Crippen LogP contribution in [0.25, 0.3) is 15.9 Å². The van der Waals surface area contributed by atoms with Gasteiger partial charge < -0.3 is 4.74 Å². The summed E-state index contributed by atoms with van der Waals surface area (Å²) >= 11 is 3.27. The van der Waals surface area contributed by atoms with Crippen molar-refractivity contribution >= 4 is 33.3 Å². The van der Waals surface area contributed by atoms with Gasteiger partial charge in [-0.25, -0.2) is 4.98 Å². The number of nitrogens with zero attached hydrogens (tertiary/aromatic N) is 3. The first-order valence-corrected chi connectivity index (χ1v) is 14.1. The van der Waals surface area contributed by atoms with E-state index in [0.717, 1.165) is 53.5 Å². The predicted octanol–water partition coefficient (Wildman–Crippen LogP) is 6.31. The van der Waals surface area contributed by atoms with Crippen molar-refractivity contribution < 1.29 is 4.74 Å². The molecule has 1 aliphatic rings. The van der Waals surface area contributed by atoms with Gasteiger partial charge in [-0.1, -0.05) is 72.4 Å². The van der Waals surface area contributed by atoms with Crippen LogP contribution in [0.5, 0.6) is 5.75 Å². The van der Waals surface area contributed by atoms with Gasteiger partial charge in [-0.15, -0.1) is 11.3 Å². The van der Waals surface area contributed by atoms with Crippen LogP contribution in [-0.2, 0) is 25.3 Å². The SMILES string of the molecule is COc1ccc(-n2c(SCc3ccccc3)nc3sc4c(c3c2=O)CCN(Cc2ccccc2)C4)cc1. The zero-order chi connectivity index (χ0) is 25.2. The Morgan fingerprint density at radius 1 is 0.946 bits per heavy atom. The lowest BCUT2D eigenvalue weighted by molar-refractivity contribution is 0.249. The minimum absolute atomic E-state index is 0.0136. The first-order chi connectivity index (χ1) is 18.2. The lowest BCUT2D eigenvalue weighted by Crippen LogP contribution is -2.30. The Morgan fingerprint density at radius 3 is 2.35 bits per heavy atom. The van der Waals surface area contributed by atoms with Crippen molar-refractivity contribution in [2.75, 3.05) is 13.7 Å². The Balaban J connectivity index is 1.40. The Morgan fingerprint density at radius 2 is 1.65 bits per heavy atom. The number of methoxy groups -OCH3 is 1. The average molecular weight is 526 g/mol. The number of ether oxygens (including phenoxy) is 1. The maximum Gasteiger partial charge on any atom is 0.267 e. The Hall–Kier alpha value is -3.39. The molecule has 0 aliphatic carbocycles. The van der Waals surface area contributed by atoms with Gasteiger partial charge in [0.1, 0.15) is 10.6 Å². The Bertz CT molecular complexity index is 1580. The van der Waals surface area contributed by atoms with Gasteiger partial charge in [-0.05, 0) is 47.4 Å². The molecule has 5 aromatic rings. The lowest BCUT2D eigenvalue weighted by atomic mass is 10.0. The van der Waals surface area contributed by atoms with Crippen LogP contribution >= 0.6 is 23.1 Å². The average Bonchev–Trinajstić information content (AvgIpc) is 3.31. The predicted molar refractivity (Wildman–Crippen MR) is 152 cm³/mol. The number of aromatic nitrogens is 2. The Labute approximate surface area is 224 Å². The molecule has 1 aliphatic heterocycles. The summed E-state index contributed by atoms with van der Waals surface area (Å²) in [5, 5.41) is 1.49. The van der Waals surface area contributed by atoms with Crippen LogP contribution in [-0.4, -0.2) is 28.1 Å². The number of hydrogen-bond donors (Lipinski definition) is 0. The van der Waals surface area contributed by atoms with Crippen molar-refractivity contribution in [3.8, 4) is 11.4 Å². The summed E-state index contributed by atoms with van der Waals surface area (Å²) < 4.78 is 7.12. The second-order valence-corrected chi connectivity index (χ2v) is 11.2. The fraction of sp³-hybridized carbons (Fsp3) is 0.200. The largest absolute Gasteiger partial charge is 0.497 e. The van der Waals surface area contributed by atoms with Crippen molar-refractivity contribution in [2.45, 2.75) is 30.4 Å². The number of benzene rings is 3. The highest BCUT2D eigenvalue weighted by molar-refractivity contribution is 7.98. The molecule has 0 radical (unpaired) electrons. The fourth-order valence-electron chi connectivity index (χ4n) is 4.83. The van der Waals surface area contributed by atoms with Crippen molar-refractivity contribution in [2.24, 2.45) is 0 Å². The molecule has 0 saturated heterocycles. The minimum atomic E-state index is 0.0136. The van der Waals surface area contributed by atoms with Crippen molar-refractivity contribution in [3.63, 3.8) is 0 Å². The van der Waals surface area contributed by atoms with Crippen LogP contribution in [0.3, 0.4) is 0 Å². The molecular formula is C30H27N3O2S2. The molecule has 0 saturated carbocycles. The summed E-state index contributed by atoms with van der Waals surface area (Å²) in [4.78, 5) is 23.7. The first-order valence-electron chi connectivity index (χ1n) is 12.3. The van der Waals surface area contributed by atoms with Crippen LogP contribution in [0, 0.1) is 0 Å². The van der Waals surface area contributed by atoms with Crippen LogP contribution in [0.1, 0.15) is 21.6 Å². The normalized spacial score (nSPS) is 13.5. The molecule has 2 aromatic heterocycles. The third kappa shape index (κ3) is 4.94. The molecular weight excluding hydrogens is 498 g/mol. The molecule has 0 atom stereocenters. The van der Waals surface area contributed by atoms with E-state index in [1.165, 1.54) is 21.6 Å². The van der Waals surface area contributed by atoms with Crippen LogP contribution in [0.2, 0.25) is 0 Å². The molecule has 5 nitrogen and oxygen atoms in total. The van der Waals surface area contributed by atoms with E-state index in [9.17, 15) is 4.79 Å². The topological polar surface area (TPSA) is 47.4 Å². The zero-order valence-electron chi connectivity index (χ0n) is 20.6. The summed E-state index contributed by atoms with van der Waals surface area (Å²) in [5.41, 5.74) is 4.50. The van der Waals surface area contributed by atoms with Gasteiger partial charge >= 0.3 is 0 Å². The van der Waals surface area contributed by atoms with Gasteiger partial charge in [0.2, 0.25) is 0 Å². The third-order valence-corrected chi connectivity index (χ3v) is 8.83. The lowest BCUT2D eigenvalue weighted by Gasteiger charge is -2.26. The monoisotopic (exact) mass is 525 g/mol. The summed E-state index contributed by atoms with van der Waals surface area (Å²) in [6, 6.07) is 28.5. The van der Waals surface area contributed by atoms with E-state index in [2.05, 4.69) is 47.4 Å². The molecule has 6 rings (SSSR count). The quantitative estimate of drug-likeness (QED) is 0.184. The molecule has 0 fully saturated rings.